The van der Waals surface area contributed by atoms with E-state index < -0.39 is 6.03 Å². The number of primary amides is 1. The van der Waals surface area contributed by atoms with E-state index in [1.54, 1.807) is 0 Å². The number of hydrogen-bond acceptors (Lipinski definition) is 2. The van der Waals surface area contributed by atoms with E-state index in [0.717, 1.165) is 0 Å². The van der Waals surface area contributed by atoms with Gasteiger partial charge >= 0.3 is 12.1 Å². The Kier molecular flexibility index (Phi) is 2.37. The van der Waals surface area contributed by atoms with Gasteiger partial charge in [0.2, 0.25) is 0 Å². The Bertz CT molecular complexity index is 204. The van der Waals surface area contributed by atoms with E-state index in [1.807, 2.05) is 6.92 Å². The van der Waals surface area contributed by atoms with Crippen molar-refractivity contribution in [1.29, 1.82) is 0 Å². The molecule has 1 fully saturated rings. The van der Waals surface area contributed by atoms with Gasteiger partial charge in [-0.1, -0.05) is 0 Å². The molecule has 0 aliphatic carbocycles. The molecule has 1 aliphatic rings. The van der Waals surface area contributed by atoms with Crippen LogP contribution in [0.15, 0.2) is 0 Å². The van der Waals surface area contributed by atoms with Gasteiger partial charge in [-0.25, -0.2) is 9.59 Å². The SMILES string of the molecule is C[C@H]1C[C@@H](NC(N)=O)NC(=O)N1. The summed E-state index contributed by atoms with van der Waals surface area (Å²) < 4.78 is 0. The summed E-state index contributed by atoms with van der Waals surface area (Å²) in [6.45, 7) is 1.86. The zero-order valence-electron chi connectivity index (χ0n) is 6.76. The quantitative estimate of drug-likeness (QED) is 0.411. The number of rotatable bonds is 1. The van der Waals surface area contributed by atoms with Crippen LogP contribution in [0.3, 0.4) is 0 Å². The van der Waals surface area contributed by atoms with Gasteiger partial charge in [-0.15, -0.1) is 0 Å². The van der Waals surface area contributed by atoms with Crippen LogP contribution in [0.4, 0.5) is 9.59 Å². The molecule has 0 saturated carbocycles. The van der Waals surface area contributed by atoms with Crippen molar-refractivity contribution in [3.8, 4) is 0 Å². The normalized spacial score (nSPS) is 28.6. The molecule has 5 N–H and O–H groups in total. The van der Waals surface area contributed by atoms with E-state index in [0.29, 0.717) is 6.42 Å². The van der Waals surface area contributed by atoms with Gasteiger partial charge in [0.25, 0.3) is 0 Å². The van der Waals surface area contributed by atoms with Gasteiger partial charge in [-0.05, 0) is 6.92 Å². The molecule has 2 atom stereocenters. The molecule has 0 radical (unpaired) electrons. The smallest absolute Gasteiger partial charge is 0.316 e. The zero-order valence-corrected chi connectivity index (χ0v) is 6.76. The highest BCUT2D eigenvalue weighted by atomic mass is 16.2. The molecule has 1 heterocycles. The van der Waals surface area contributed by atoms with Crippen molar-refractivity contribution in [2.45, 2.75) is 25.6 Å². The molecule has 1 rings (SSSR count). The summed E-state index contributed by atoms with van der Waals surface area (Å²) in [5, 5.41) is 7.57. The fourth-order valence-corrected chi connectivity index (χ4v) is 1.16. The second-order valence-electron chi connectivity index (χ2n) is 2.82. The first-order valence-corrected chi connectivity index (χ1v) is 3.71. The third kappa shape index (κ3) is 2.30. The summed E-state index contributed by atoms with van der Waals surface area (Å²) in [5.74, 6) is 0. The Morgan fingerprint density at radius 3 is 2.83 bits per heavy atom. The molecular formula is C6H12N4O2. The minimum Gasteiger partial charge on any atom is -0.352 e. The minimum atomic E-state index is -0.630. The number of carbonyl (C=O) groups is 2. The van der Waals surface area contributed by atoms with Crippen molar-refractivity contribution in [2.24, 2.45) is 5.73 Å². The lowest BCUT2D eigenvalue weighted by molar-refractivity contribution is 0.211. The number of nitrogens with one attached hydrogen (secondary N) is 3. The molecule has 0 unspecified atom stereocenters. The monoisotopic (exact) mass is 172 g/mol. The zero-order chi connectivity index (χ0) is 9.14. The molecule has 4 amide bonds. The summed E-state index contributed by atoms with van der Waals surface area (Å²) in [7, 11) is 0. The van der Waals surface area contributed by atoms with Crippen molar-refractivity contribution >= 4 is 12.1 Å². The van der Waals surface area contributed by atoms with Crippen LogP contribution in [0.2, 0.25) is 0 Å². The Labute approximate surface area is 69.9 Å². The summed E-state index contributed by atoms with van der Waals surface area (Å²) in [6, 6.07) is -0.863. The van der Waals surface area contributed by atoms with Gasteiger partial charge in [0.1, 0.15) is 6.17 Å². The van der Waals surface area contributed by atoms with Crippen LogP contribution in [0.25, 0.3) is 0 Å². The van der Waals surface area contributed by atoms with E-state index >= 15 is 0 Å². The Morgan fingerprint density at radius 1 is 1.67 bits per heavy atom. The average Bonchev–Trinajstić information content (AvgIpc) is 1.81. The minimum absolute atomic E-state index is 0.0515. The average molecular weight is 172 g/mol. The fraction of sp³-hybridized carbons (Fsp3) is 0.667. The van der Waals surface area contributed by atoms with Gasteiger partial charge in [0.05, 0.1) is 0 Å². The number of hydrogen-bond donors (Lipinski definition) is 4. The Balaban J connectivity index is 2.44. The van der Waals surface area contributed by atoms with Crippen LogP contribution in [0.5, 0.6) is 0 Å². The molecule has 0 aromatic heterocycles. The van der Waals surface area contributed by atoms with Crippen molar-refractivity contribution in [1.82, 2.24) is 16.0 Å². The van der Waals surface area contributed by atoms with E-state index in [9.17, 15) is 9.59 Å². The molecule has 0 spiro atoms. The molecule has 1 saturated heterocycles. The second-order valence-corrected chi connectivity index (χ2v) is 2.82. The Morgan fingerprint density at radius 2 is 2.33 bits per heavy atom. The van der Waals surface area contributed by atoms with Crippen molar-refractivity contribution in [2.75, 3.05) is 0 Å². The van der Waals surface area contributed by atoms with E-state index in [-0.39, 0.29) is 18.2 Å². The maximum atomic E-state index is 10.9. The predicted octanol–water partition coefficient (Wildman–Crippen LogP) is -0.928. The number of amides is 4. The van der Waals surface area contributed by atoms with Gasteiger partial charge in [-0.2, -0.15) is 0 Å². The van der Waals surface area contributed by atoms with E-state index in [4.69, 9.17) is 5.73 Å². The first kappa shape index (κ1) is 8.63. The van der Waals surface area contributed by atoms with Crippen LogP contribution < -0.4 is 21.7 Å². The van der Waals surface area contributed by atoms with Crippen LogP contribution in [0.1, 0.15) is 13.3 Å². The van der Waals surface area contributed by atoms with Crippen molar-refractivity contribution < 1.29 is 9.59 Å². The molecule has 12 heavy (non-hydrogen) atoms. The van der Waals surface area contributed by atoms with Gasteiger partial charge in [0, 0.05) is 12.5 Å². The standard InChI is InChI=1S/C6H12N4O2/c1-3-2-4(9-5(7)11)10-6(12)8-3/h3-4H,2H2,1H3,(H3,7,9,11)(H2,8,10,12)/t3-,4-/m0/s1. The summed E-state index contributed by atoms with van der Waals surface area (Å²) in [4.78, 5) is 21.3. The second kappa shape index (κ2) is 3.29. The number of carbonyl (C=O) groups excluding carboxylic acids is 2. The summed E-state index contributed by atoms with van der Waals surface area (Å²) in [6.07, 6.45) is 0.278. The van der Waals surface area contributed by atoms with Crippen LogP contribution in [0, 0.1) is 0 Å². The van der Waals surface area contributed by atoms with Crippen LogP contribution in [-0.4, -0.2) is 24.3 Å². The first-order chi connectivity index (χ1) is 5.58. The van der Waals surface area contributed by atoms with Gasteiger partial charge in [-0.3, -0.25) is 0 Å². The maximum absolute atomic E-state index is 10.9. The maximum Gasteiger partial charge on any atom is 0.316 e. The van der Waals surface area contributed by atoms with Crippen molar-refractivity contribution in [3.05, 3.63) is 0 Å². The molecule has 6 heteroatoms. The summed E-state index contributed by atoms with van der Waals surface area (Å²) in [5.41, 5.74) is 4.89. The van der Waals surface area contributed by atoms with Crippen LogP contribution in [-0.2, 0) is 0 Å². The highest BCUT2D eigenvalue weighted by Gasteiger charge is 2.22. The molecule has 0 aromatic carbocycles. The third-order valence-corrected chi connectivity index (χ3v) is 1.59. The number of urea groups is 2. The third-order valence-electron chi connectivity index (χ3n) is 1.59. The Hall–Kier alpha value is -1.46. The largest absolute Gasteiger partial charge is 0.352 e. The molecule has 0 bridgehead atoms. The summed E-state index contributed by atoms with van der Waals surface area (Å²) >= 11 is 0. The number of nitrogens with two attached hydrogens (primary N) is 1. The lowest BCUT2D eigenvalue weighted by Crippen LogP contribution is -2.60. The molecule has 6 nitrogen and oxygen atoms in total. The topological polar surface area (TPSA) is 96.2 Å². The highest BCUT2D eigenvalue weighted by Crippen LogP contribution is 2.00. The molecule has 68 valence electrons. The van der Waals surface area contributed by atoms with Crippen molar-refractivity contribution in [3.63, 3.8) is 0 Å². The van der Waals surface area contributed by atoms with E-state index in [1.165, 1.54) is 0 Å². The molecule has 1 aliphatic heterocycles. The lowest BCUT2D eigenvalue weighted by atomic mass is 10.1. The molecular weight excluding hydrogens is 160 g/mol. The first-order valence-electron chi connectivity index (χ1n) is 3.71. The molecule has 0 aromatic rings. The highest BCUT2D eigenvalue weighted by molar-refractivity contribution is 5.77. The van der Waals surface area contributed by atoms with Gasteiger partial charge in [0.15, 0.2) is 0 Å². The van der Waals surface area contributed by atoms with Crippen LogP contribution >= 0.6 is 0 Å². The lowest BCUT2D eigenvalue weighted by Gasteiger charge is -2.28. The predicted molar refractivity (Wildman–Crippen MR) is 42.3 cm³/mol. The fourth-order valence-electron chi connectivity index (χ4n) is 1.16. The van der Waals surface area contributed by atoms with E-state index in [2.05, 4.69) is 16.0 Å². The van der Waals surface area contributed by atoms with Gasteiger partial charge < -0.3 is 21.7 Å².